The lowest BCUT2D eigenvalue weighted by Gasteiger charge is -2.14. The predicted octanol–water partition coefficient (Wildman–Crippen LogP) is 0.992. The topological polar surface area (TPSA) is 101 Å². The molecule has 1 rings (SSSR count). The summed E-state index contributed by atoms with van der Waals surface area (Å²) in [7, 11) is -3.92. The number of carbonyl (C=O) groups is 2. The molecule has 7 heteroatoms. The molecule has 0 fully saturated rings. The zero-order chi connectivity index (χ0) is 15.5. The van der Waals surface area contributed by atoms with E-state index in [1.807, 2.05) is 0 Å². The fourth-order valence-corrected chi connectivity index (χ4v) is 3.24. The fourth-order valence-electron chi connectivity index (χ4n) is 1.69. The van der Waals surface area contributed by atoms with Crippen molar-refractivity contribution in [2.45, 2.75) is 30.9 Å². The second-order valence-corrected chi connectivity index (χ2v) is 6.60. The minimum Gasteiger partial charge on any atom is -0.478 e. The minimum absolute atomic E-state index is 0.128. The van der Waals surface area contributed by atoms with Gasteiger partial charge in [-0.3, -0.25) is 4.79 Å². The molecule has 0 spiro atoms. The van der Waals surface area contributed by atoms with Crippen LogP contribution in [-0.4, -0.2) is 37.2 Å². The van der Waals surface area contributed by atoms with Crippen LogP contribution in [0.1, 0.15) is 29.8 Å². The molecule has 1 amide bonds. The maximum absolute atomic E-state index is 12.4. The molecule has 1 aromatic rings. The lowest BCUT2D eigenvalue weighted by atomic mass is 10.1. The van der Waals surface area contributed by atoms with Gasteiger partial charge in [0, 0.05) is 6.54 Å². The summed E-state index contributed by atoms with van der Waals surface area (Å²) in [6.45, 7) is 4.86. The number of aromatic carboxylic acids is 1. The minimum atomic E-state index is -3.92. The van der Waals surface area contributed by atoms with Crippen LogP contribution < -0.4 is 5.32 Å². The summed E-state index contributed by atoms with van der Waals surface area (Å²) in [4.78, 5) is 22.5. The molecule has 0 aliphatic heterocycles. The highest BCUT2D eigenvalue weighted by Crippen LogP contribution is 2.22. The lowest BCUT2D eigenvalue weighted by molar-refractivity contribution is -0.120. The molecule has 0 aliphatic carbocycles. The molecule has 20 heavy (non-hydrogen) atoms. The van der Waals surface area contributed by atoms with Crippen LogP contribution in [0.2, 0.25) is 0 Å². The summed E-state index contributed by atoms with van der Waals surface area (Å²) >= 11 is 0. The molecule has 0 aliphatic rings. The number of hydrogen-bond donors (Lipinski definition) is 2. The van der Waals surface area contributed by atoms with E-state index >= 15 is 0 Å². The molecule has 1 unspecified atom stereocenters. The fraction of sp³-hybridized carbons (Fsp3) is 0.385. The summed E-state index contributed by atoms with van der Waals surface area (Å²) in [5.41, 5.74) is 0.281. The summed E-state index contributed by atoms with van der Waals surface area (Å²) in [5.74, 6) is -1.82. The second kappa shape index (κ2) is 6.04. The van der Waals surface area contributed by atoms with Crippen molar-refractivity contribution in [2.75, 3.05) is 6.54 Å². The number of carbonyl (C=O) groups excluding carboxylic acids is 1. The van der Waals surface area contributed by atoms with Gasteiger partial charge in [0.05, 0.1) is 10.5 Å². The second-order valence-electron chi connectivity index (χ2n) is 4.37. The first-order chi connectivity index (χ1) is 9.21. The van der Waals surface area contributed by atoms with Crippen LogP contribution in [0, 0.1) is 6.92 Å². The number of benzene rings is 1. The van der Waals surface area contributed by atoms with Crippen molar-refractivity contribution in [2.24, 2.45) is 0 Å². The van der Waals surface area contributed by atoms with Crippen molar-refractivity contribution < 1.29 is 23.1 Å². The molecule has 0 saturated carbocycles. The summed E-state index contributed by atoms with van der Waals surface area (Å²) < 4.78 is 24.8. The van der Waals surface area contributed by atoms with Gasteiger partial charge in [0.2, 0.25) is 5.91 Å². The Balaban J connectivity index is 3.31. The average molecular weight is 299 g/mol. The van der Waals surface area contributed by atoms with Crippen LogP contribution in [-0.2, 0) is 14.6 Å². The molecule has 2 N–H and O–H groups in total. The molecule has 1 atom stereocenters. The molecular formula is C13H17NO5S. The van der Waals surface area contributed by atoms with Crippen molar-refractivity contribution in [3.63, 3.8) is 0 Å². The van der Waals surface area contributed by atoms with Gasteiger partial charge in [-0.15, -0.1) is 0 Å². The predicted molar refractivity (Wildman–Crippen MR) is 73.5 cm³/mol. The van der Waals surface area contributed by atoms with E-state index in [-0.39, 0.29) is 10.5 Å². The molecule has 0 radical (unpaired) electrons. The van der Waals surface area contributed by atoms with Crippen LogP contribution in [0.5, 0.6) is 0 Å². The van der Waals surface area contributed by atoms with Gasteiger partial charge in [0.1, 0.15) is 5.25 Å². The highest BCUT2D eigenvalue weighted by atomic mass is 32.2. The zero-order valence-corrected chi connectivity index (χ0v) is 12.3. The van der Waals surface area contributed by atoms with E-state index in [9.17, 15) is 18.0 Å². The molecule has 1 aromatic carbocycles. The standard InChI is InChI=1S/C13H17NO5S/c1-4-14-12(15)9(3)20(18,19)11-7-10(13(16)17)6-5-8(11)2/h5-7,9H,4H2,1-3H3,(H,14,15)(H,16,17). The number of aryl methyl sites for hydroxylation is 1. The van der Waals surface area contributed by atoms with E-state index < -0.39 is 27.0 Å². The Morgan fingerprint density at radius 1 is 1.35 bits per heavy atom. The molecule has 0 bridgehead atoms. The third-order valence-electron chi connectivity index (χ3n) is 2.93. The highest BCUT2D eigenvalue weighted by Gasteiger charge is 2.31. The summed E-state index contributed by atoms with van der Waals surface area (Å²) in [6.07, 6.45) is 0. The summed E-state index contributed by atoms with van der Waals surface area (Å²) in [6, 6.07) is 3.83. The van der Waals surface area contributed by atoms with Gasteiger partial charge in [0.15, 0.2) is 9.84 Å². The van der Waals surface area contributed by atoms with Crippen molar-refractivity contribution in [3.05, 3.63) is 29.3 Å². The van der Waals surface area contributed by atoms with Crippen molar-refractivity contribution >= 4 is 21.7 Å². The van der Waals surface area contributed by atoms with Crippen molar-refractivity contribution in [1.29, 1.82) is 0 Å². The van der Waals surface area contributed by atoms with E-state index in [2.05, 4.69) is 5.32 Å². The van der Waals surface area contributed by atoms with Gasteiger partial charge < -0.3 is 10.4 Å². The number of nitrogens with one attached hydrogen (secondary N) is 1. The first kappa shape index (κ1) is 16.2. The third-order valence-corrected chi connectivity index (χ3v) is 5.13. The monoisotopic (exact) mass is 299 g/mol. The van der Waals surface area contributed by atoms with E-state index in [4.69, 9.17) is 5.11 Å². The Morgan fingerprint density at radius 2 is 1.95 bits per heavy atom. The van der Waals surface area contributed by atoms with E-state index in [1.54, 1.807) is 13.8 Å². The third kappa shape index (κ3) is 3.16. The van der Waals surface area contributed by atoms with E-state index in [1.165, 1.54) is 19.1 Å². The van der Waals surface area contributed by atoms with Gasteiger partial charge in [-0.2, -0.15) is 0 Å². The van der Waals surface area contributed by atoms with Gasteiger partial charge in [-0.1, -0.05) is 6.07 Å². The quantitative estimate of drug-likeness (QED) is 0.844. The van der Waals surface area contributed by atoms with Crippen molar-refractivity contribution in [1.82, 2.24) is 5.32 Å². The number of sulfone groups is 1. The Labute approximate surface area is 117 Å². The molecule has 0 aromatic heterocycles. The first-order valence-corrected chi connectivity index (χ1v) is 7.62. The molecule has 0 heterocycles. The van der Waals surface area contributed by atoms with Crippen molar-refractivity contribution in [3.8, 4) is 0 Å². The number of carboxylic acid groups (broad SMARTS) is 1. The van der Waals surface area contributed by atoms with Gasteiger partial charge in [0.25, 0.3) is 0 Å². The smallest absolute Gasteiger partial charge is 0.335 e. The van der Waals surface area contributed by atoms with E-state index in [0.717, 1.165) is 6.07 Å². The van der Waals surface area contributed by atoms with Gasteiger partial charge in [-0.05, 0) is 38.5 Å². The maximum Gasteiger partial charge on any atom is 0.335 e. The highest BCUT2D eigenvalue weighted by molar-refractivity contribution is 7.92. The maximum atomic E-state index is 12.4. The van der Waals surface area contributed by atoms with Gasteiger partial charge in [-0.25, -0.2) is 13.2 Å². The SMILES string of the molecule is CCNC(=O)C(C)S(=O)(=O)c1cc(C(=O)O)ccc1C. The number of hydrogen-bond acceptors (Lipinski definition) is 4. The normalized spacial score (nSPS) is 12.8. The van der Waals surface area contributed by atoms with E-state index in [0.29, 0.717) is 12.1 Å². The van der Waals surface area contributed by atoms with Crippen LogP contribution >= 0.6 is 0 Å². The average Bonchev–Trinajstić information content (AvgIpc) is 2.37. The number of rotatable bonds is 5. The Morgan fingerprint density at radius 3 is 2.45 bits per heavy atom. The lowest BCUT2D eigenvalue weighted by Crippen LogP contribution is -2.38. The Hall–Kier alpha value is -1.89. The number of amides is 1. The van der Waals surface area contributed by atoms with Gasteiger partial charge >= 0.3 is 5.97 Å². The number of carboxylic acids is 1. The molecule has 110 valence electrons. The van der Waals surface area contributed by atoms with Crippen LogP contribution in [0.3, 0.4) is 0 Å². The molecular weight excluding hydrogens is 282 g/mol. The Bertz CT molecular complexity index is 636. The van der Waals surface area contributed by atoms with Crippen LogP contribution in [0.25, 0.3) is 0 Å². The Kier molecular flexibility index (Phi) is 4.88. The summed E-state index contributed by atoms with van der Waals surface area (Å²) in [5, 5.41) is 10.1. The first-order valence-electron chi connectivity index (χ1n) is 6.07. The van der Waals surface area contributed by atoms with Crippen LogP contribution in [0.4, 0.5) is 0 Å². The van der Waals surface area contributed by atoms with Crippen LogP contribution in [0.15, 0.2) is 23.1 Å². The molecule has 0 saturated heterocycles. The molecule has 6 nitrogen and oxygen atoms in total. The largest absolute Gasteiger partial charge is 0.478 e. The zero-order valence-electron chi connectivity index (χ0n) is 11.5.